The molecule has 2 aliphatic heterocycles. The molecule has 0 fully saturated rings. The summed E-state index contributed by atoms with van der Waals surface area (Å²) in [4.78, 5) is 21.9. The van der Waals surface area contributed by atoms with Gasteiger partial charge in [-0.15, -0.1) is 17.9 Å². The first-order chi connectivity index (χ1) is 16.0. The number of aliphatic imine (C=N–C) groups is 1. The number of thiazole rings is 1. The third-order valence-corrected chi connectivity index (χ3v) is 9.40. The molecule has 1 aromatic carbocycles. The summed E-state index contributed by atoms with van der Waals surface area (Å²) in [6, 6.07) is 7.50. The van der Waals surface area contributed by atoms with Crippen molar-refractivity contribution in [2.75, 3.05) is 12.3 Å². The number of hydrogen-bond acceptors (Lipinski definition) is 7. The van der Waals surface area contributed by atoms with E-state index in [0.717, 1.165) is 38.9 Å². The van der Waals surface area contributed by atoms with Crippen LogP contribution in [0.4, 0.5) is 0 Å². The van der Waals surface area contributed by atoms with Crippen molar-refractivity contribution in [2.45, 2.75) is 25.1 Å². The molecule has 1 amide bonds. The topological polar surface area (TPSA) is 103 Å². The Labute approximate surface area is 205 Å². The van der Waals surface area contributed by atoms with Gasteiger partial charge in [0.25, 0.3) is 5.91 Å². The molecule has 2 aromatic rings. The van der Waals surface area contributed by atoms with Gasteiger partial charge in [0, 0.05) is 23.7 Å². The third kappa shape index (κ3) is 5.11. The lowest BCUT2D eigenvalue weighted by atomic mass is 9.86. The Hall–Kier alpha value is -2.33. The highest BCUT2D eigenvalue weighted by atomic mass is 32.3. The number of fused-ring (bicyclic) bond motifs is 1. The van der Waals surface area contributed by atoms with Crippen LogP contribution in [0.5, 0.6) is 0 Å². The number of amides is 1. The van der Waals surface area contributed by atoms with E-state index >= 15 is 0 Å². The highest BCUT2D eigenvalue weighted by Crippen LogP contribution is 2.51. The minimum Gasteiger partial charge on any atom is -0.611 e. The first-order valence-corrected chi connectivity index (χ1v) is 13.8. The molecule has 6 nitrogen and oxygen atoms in total. The van der Waals surface area contributed by atoms with E-state index in [1.54, 1.807) is 18.3 Å². The number of allylic oxidation sites excluding steroid dienone is 1. The Balaban J connectivity index is 1.74. The molecule has 0 spiro atoms. The van der Waals surface area contributed by atoms with Gasteiger partial charge in [-0.1, -0.05) is 31.6 Å². The average Bonchev–Trinajstić information content (AvgIpc) is 3.49. The number of thioether (sulfide) groups is 1. The normalized spacial score (nSPS) is 20.7. The lowest BCUT2D eigenvalue weighted by Gasteiger charge is -2.25. The molecule has 0 saturated heterocycles. The van der Waals surface area contributed by atoms with Crippen LogP contribution in [-0.2, 0) is 11.2 Å². The van der Waals surface area contributed by atoms with Crippen molar-refractivity contribution in [1.29, 1.82) is 0 Å². The molecule has 0 saturated carbocycles. The monoisotopic (exact) mass is 498 g/mol. The lowest BCUT2D eigenvalue weighted by molar-refractivity contribution is 0.0958. The van der Waals surface area contributed by atoms with Crippen LogP contribution in [0.1, 0.15) is 40.7 Å². The highest BCUT2D eigenvalue weighted by molar-refractivity contribution is 8.19. The van der Waals surface area contributed by atoms with E-state index < -0.39 is 11.2 Å². The molecule has 9 heteroatoms. The summed E-state index contributed by atoms with van der Waals surface area (Å²) < 4.78 is 13.7. The van der Waals surface area contributed by atoms with Crippen LogP contribution in [-0.4, -0.2) is 38.8 Å². The molecule has 0 aliphatic carbocycles. The van der Waals surface area contributed by atoms with Crippen molar-refractivity contribution in [3.63, 3.8) is 0 Å². The highest BCUT2D eigenvalue weighted by Gasteiger charge is 2.44. The molecule has 3 unspecified atom stereocenters. The molecule has 2 aliphatic rings. The Kier molecular flexibility index (Phi) is 7.75. The summed E-state index contributed by atoms with van der Waals surface area (Å²) in [7, 11) is 0. The van der Waals surface area contributed by atoms with E-state index in [-0.39, 0.29) is 17.2 Å². The van der Waals surface area contributed by atoms with Crippen molar-refractivity contribution in [3.8, 4) is 0 Å². The maximum atomic E-state index is 13.0. The van der Waals surface area contributed by atoms with E-state index in [4.69, 9.17) is 10.7 Å². The first-order valence-electron chi connectivity index (χ1n) is 10.8. The molecule has 0 radical (unpaired) electrons. The van der Waals surface area contributed by atoms with Gasteiger partial charge in [0.15, 0.2) is 0 Å². The number of nitrogens with zero attached hydrogens (tertiary/aromatic N) is 2. The second-order valence-electron chi connectivity index (χ2n) is 7.66. The number of unbranched alkanes of at least 4 members (excludes halogenated alkanes) is 1. The molecule has 3 N–H and O–H groups in total. The Bertz CT molecular complexity index is 1120. The number of carbonyl (C=O) groups is 1. The number of carbonyl (C=O) groups excluding carboxylic acids is 1. The molecule has 3 heterocycles. The van der Waals surface area contributed by atoms with Gasteiger partial charge in [0.2, 0.25) is 4.24 Å². The summed E-state index contributed by atoms with van der Waals surface area (Å²) >= 11 is 1.88. The van der Waals surface area contributed by atoms with Gasteiger partial charge in [-0.3, -0.25) is 9.79 Å². The first kappa shape index (κ1) is 23.8. The van der Waals surface area contributed by atoms with Crippen LogP contribution in [0.15, 0.2) is 69.5 Å². The SMILES string of the molecule is C=CCNC(=O)c1cccc(C2=CC(c3nccs3)=NC3SC([S+]([O-])CCCC)=C(N)C23)c1. The number of dihydropyridines is 1. The number of hydrogen-bond donors (Lipinski definition) is 2. The number of aromatic nitrogens is 1. The van der Waals surface area contributed by atoms with Gasteiger partial charge < -0.3 is 15.6 Å². The fourth-order valence-corrected chi connectivity index (χ4v) is 7.53. The number of rotatable bonds is 9. The standard InChI is InChI=1S/C24H26N4O2S3/c1-3-5-12-33(30)24-20(25)19-17(14-18(28-23(19)32-24)22-27-10-11-31-22)15-7-6-8-16(13-15)21(29)26-9-4-2/h4,6-8,10-11,13-14,19,23H,2-3,5,9,12,25H2,1H3,(H,26,29). The predicted octanol–water partition coefficient (Wildman–Crippen LogP) is 4.31. The van der Waals surface area contributed by atoms with Crippen molar-refractivity contribution in [1.82, 2.24) is 10.3 Å². The number of benzene rings is 1. The smallest absolute Gasteiger partial charge is 0.251 e. The summed E-state index contributed by atoms with van der Waals surface area (Å²) in [6.45, 7) is 6.13. The molecular formula is C24H26N4O2S3. The minimum absolute atomic E-state index is 0.163. The zero-order chi connectivity index (χ0) is 23.4. The van der Waals surface area contributed by atoms with Crippen LogP contribution in [0.25, 0.3) is 5.57 Å². The Morgan fingerprint density at radius 2 is 2.27 bits per heavy atom. The molecule has 4 rings (SSSR count). The summed E-state index contributed by atoms with van der Waals surface area (Å²) in [5.74, 6) is 0.231. The molecule has 1 aromatic heterocycles. The van der Waals surface area contributed by atoms with E-state index in [1.165, 1.54) is 23.1 Å². The average molecular weight is 499 g/mol. The second kappa shape index (κ2) is 10.7. The van der Waals surface area contributed by atoms with Crippen molar-refractivity contribution >= 4 is 51.5 Å². The summed E-state index contributed by atoms with van der Waals surface area (Å²) in [6.07, 6.45) is 7.28. The number of nitrogens with two attached hydrogens (primary N) is 1. The molecular weight excluding hydrogens is 472 g/mol. The van der Waals surface area contributed by atoms with Crippen molar-refractivity contribution in [3.05, 3.63) is 80.6 Å². The Morgan fingerprint density at radius 1 is 1.42 bits per heavy atom. The predicted molar refractivity (Wildman–Crippen MR) is 140 cm³/mol. The van der Waals surface area contributed by atoms with Crippen LogP contribution in [0, 0.1) is 5.92 Å². The number of nitrogens with one attached hydrogen (secondary N) is 1. The molecule has 33 heavy (non-hydrogen) atoms. The molecule has 3 atom stereocenters. The fraction of sp³-hybridized carbons (Fsp3) is 0.292. The zero-order valence-corrected chi connectivity index (χ0v) is 20.8. The third-order valence-electron chi connectivity index (χ3n) is 5.38. The largest absolute Gasteiger partial charge is 0.611 e. The van der Waals surface area contributed by atoms with Gasteiger partial charge in [0.05, 0.1) is 17.3 Å². The maximum absolute atomic E-state index is 13.0. The Morgan fingerprint density at radius 3 is 3.00 bits per heavy atom. The van der Waals surface area contributed by atoms with Gasteiger partial charge >= 0.3 is 0 Å². The summed E-state index contributed by atoms with van der Waals surface area (Å²) in [5, 5.41) is 5.36. The van der Waals surface area contributed by atoms with Crippen LogP contribution < -0.4 is 11.1 Å². The van der Waals surface area contributed by atoms with E-state index in [9.17, 15) is 9.35 Å². The van der Waals surface area contributed by atoms with Gasteiger partial charge in [0.1, 0.15) is 16.1 Å². The lowest BCUT2D eigenvalue weighted by Crippen LogP contribution is -2.26. The fourth-order valence-electron chi connectivity index (χ4n) is 3.75. The van der Waals surface area contributed by atoms with Crippen LogP contribution >= 0.6 is 23.1 Å². The van der Waals surface area contributed by atoms with Crippen LogP contribution in [0.2, 0.25) is 0 Å². The van der Waals surface area contributed by atoms with Crippen LogP contribution in [0.3, 0.4) is 0 Å². The molecule has 0 bridgehead atoms. The van der Waals surface area contributed by atoms with Gasteiger partial charge in [-0.05, 0) is 58.7 Å². The minimum atomic E-state index is -1.14. The quantitative estimate of drug-likeness (QED) is 0.396. The van der Waals surface area contributed by atoms with Gasteiger partial charge in [-0.25, -0.2) is 4.98 Å². The zero-order valence-electron chi connectivity index (χ0n) is 18.3. The maximum Gasteiger partial charge on any atom is 0.251 e. The second-order valence-corrected chi connectivity index (χ2v) is 11.5. The van der Waals surface area contributed by atoms with E-state index in [2.05, 4.69) is 23.8 Å². The van der Waals surface area contributed by atoms with Gasteiger partial charge in [-0.2, -0.15) is 0 Å². The van der Waals surface area contributed by atoms with Crippen molar-refractivity contribution in [2.24, 2.45) is 16.6 Å². The van der Waals surface area contributed by atoms with Crippen molar-refractivity contribution < 1.29 is 9.35 Å². The van der Waals surface area contributed by atoms with E-state index in [0.29, 0.717) is 23.6 Å². The molecule has 172 valence electrons. The summed E-state index contributed by atoms with van der Waals surface area (Å²) in [5.41, 5.74) is 10.4. The van der Waals surface area contributed by atoms with E-state index in [1.807, 2.05) is 29.7 Å².